The lowest BCUT2D eigenvalue weighted by Crippen LogP contribution is -2.54. The highest BCUT2D eigenvalue weighted by Gasteiger charge is 2.35. The van der Waals surface area contributed by atoms with E-state index in [2.05, 4.69) is 12.2 Å². The summed E-state index contributed by atoms with van der Waals surface area (Å²) in [6.45, 7) is 8.81. The van der Waals surface area contributed by atoms with Crippen LogP contribution in [-0.4, -0.2) is 41.3 Å². The van der Waals surface area contributed by atoms with Gasteiger partial charge in [-0.3, -0.25) is 0 Å². The van der Waals surface area contributed by atoms with E-state index in [1.165, 1.54) is 19.3 Å². The molecule has 2 atom stereocenters. The monoisotopic (exact) mass is 268 g/mol. The van der Waals surface area contributed by atoms with Crippen LogP contribution in [0.1, 0.15) is 59.8 Å². The highest BCUT2D eigenvalue weighted by molar-refractivity contribution is 5.68. The van der Waals surface area contributed by atoms with Crippen molar-refractivity contribution >= 4 is 6.09 Å². The Hall–Kier alpha value is -0.770. The van der Waals surface area contributed by atoms with Crippen molar-refractivity contribution in [3.63, 3.8) is 0 Å². The Morgan fingerprint density at radius 3 is 2.53 bits per heavy atom. The average Bonchev–Trinajstić information content (AvgIpc) is 3.10. The van der Waals surface area contributed by atoms with Crippen molar-refractivity contribution < 1.29 is 9.53 Å². The first-order chi connectivity index (χ1) is 8.87. The third-order valence-corrected chi connectivity index (χ3v) is 3.83. The molecular formula is C15H28N2O2. The molecule has 0 aromatic heterocycles. The first-order valence-electron chi connectivity index (χ1n) is 7.62. The van der Waals surface area contributed by atoms with Gasteiger partial charge in [0, 0.05) is 18.6 Å². The van der Waals surface area contributed by atoms with E-state index in [0.29, 0.717) is 12.1 Å². The van der Waals surface area contributed by atoms with Crippen molar-refractivity contribution in [1.82, 2.24) is 10.2 Å². The minimum Gasteiger partial charge on any atom is -0.444 e. The second-order valence-electron chi connectivity index (χ2n) is 6.97. The third kappa shape index (κ3) is 4.37. The molecule has 0 bridgehead atoms. The number of likely N-dealkylation sites (tertiary alicyclic amines) is 1. The highest BCUT2D eigenvalue weighted by Crippen LogP contribution is 2.25. The number of piperidine rings is 1. The number of hydrogen-bond acceptors (Lipinski definition) is 3. The SMILES string of the molecule is C[C@@H](NC1CC1)[C@@H]1CCCCN1C(=O)OC(C)(C)C. The zero-order valence-electron chi connectivity index (χ0n) is 12.7. The van der Waals surface area contributed by atoms with Gasteiger partial charge in [0.05, 0.1) is 6.04 Å². The minimum atomic E-state index is -0.410. The molecule has 4 heteroatoms. The maximum Gasteiger partial charge on any atom is 0.410 e. The van der Waals surface area contributed by atoms with Gasteiger partial charge in [0.1, 0.15) is 5.60 Å². The fourth-order valence-electron chi connectivity index (χ4n) is 2.76. The fourth-order valence-corrected chi connectivity index (χ4v) is 2.76. The molecular weight excluding hydrogens is 240 g/mol. The largest absolute Gasteiger partial charge is 0.444 e. The molecule has 110 valence electrons. The quantitative estimate of drug-likeness (QED) is 0.855. The zero-order valence-corrected chi connectivity index (χ0v) is 12.7. The van der Waals surface area contributed by atoms with E-state index < -0.39 is 5.60 Å². The molecule has 0 unspecified atom stereocenters. The van der Waals surface area contributed by atoms with Gasteiger partial charge in [0.2, 0.25) is 0 Å². The number of hydrogen-bond donors (Lipinski definition) is 1. The summed E-state index contributed by atoms with van der Waals surface area (Å²) < 4.78 is 5.54. The van der Waals surface area contributed by atoms with Crippen molar-refractivity contribution in [2.24, 2.45) is 0 Å². The second kappa shape index (κ2) is 5.70. The van der Waals surface area contributed by atoms with Crippen LogP contribution in [0.25, 0.3) is 0 Å². The smallest absolute Gasteiger partial charge is 0.410 e. The second-order valence-corrected chi connectivity index (χ2v) is 6.97. The molecule has 1 saturated heterocycles. The summed E-state index contributed by atoms with van der Waals surface area (Å²) in [5.41, 5.74) is -0.410. The van der Waals surface area contributed by atoms with Crippen LogP contribution in [0.15, 0.2) is 0 Å². The standard InChI is InChI=1S/C15H28N2O2/c1-11(16-12-8-9-12)13-7-5-6-10-17(13)14(18)19-15(2,3)4/h11-13,16H,5-10H2,1-4H3/t11-,13+/m1/s1. The molecule has 1 aliphatic heterocycles. The number of nitrogens with zero attached hydrogens (tertiary/aromatic N) is 1. The van der Waals surface area contributed by atoms with Crippen LogP contribution >= 0.6 is 0 Å². The molecule has 2 aliphatic rings. The number of amides is 1. The molecule has 0 aromatic rings. The third-order valence-electron chi connectivity index (χ3n) is 3.83. The number of nitrogens with one attached hydrogen (secondary N) is 1. The van der Waals surface area contributed by atoms with E-state index in [1.807, 2.05) is 25.7 Å². The van der Waals surface area contributed by atoms with Crippen LogP contribution < -0.4 is 5.32 Å². The Morgan fingerprint density at radius 2 is 1.95 bits per heavy atom. The van der Waals surface area contributed by atoms with Gasteiger partial charge in [0.15, 0.2) is 0 Å². The first kappa shape index (κ1) is 14.6. The Morgan fingerprint density at radius 1 is 1.26 bits per heavy atom. The van der Waals surface area contributed by atoms with E-state index in [1.54, 1.807) is 0 Å². The summed E-state index contributed by atoms with van der Waals surface area (Å²) in [7, 11) is 0. The maximum absolute atomic E-state index is 12.3. The van der Waals surface area contributed by atoms with Gasteiger partial charge in [-0.05, 0) is 59.8 Å². The Kier molecular flexibility index (Phi) is 4.39. The summed E-state index contributed by atoms with van der Waals surface area (Å²) >= 11 is 0. The number of carbonyl (C=O) groups is 1. The maximum atomic E-state index is 12.3. The van der Waals surface area contributed by atoms with Crippen molar-refractivity contribution in [3.8, 4) is 0 Å². The van der Waals surface area contributed by atoms with Crippen molar-refractivity contribution in [1.29, 1.82) is 0 Å². The normalized spacial score (nSPS) is 26.1. The van der Waals surface area contributed by atoms with E-state index in [4.69, 9.17) is 4.74 Å². The van der Waals surface area contributed by atoms with Gasteiger partial charge in [-0.1, -0.05) is 0 Å². The summed E-state index contributed by atoms with van der Waals surface area (Å²) in [6.07, 6.45) is 5.79. The zero-order chi connectivity index (χ0) is 14.0. The predicted molar refractivity (Wildman–Crippen MR) is 76.2 cm³/mol. The van der Waals surface area contributed by atoms with E-state index >= 15 is 0 Å². The lowest BCUT2D eigenvalue weighted by atomic mass is 9.97. The molecule has 2 rings (SSSR count). The topological polar surface area (TPSA) is 41.6 Å². The van der Waals surface area contributed by atoms with Crippen molar-refractivity contribution in [3.05, 3.63) is 0 Å². The fraction of sp³-hybridized carbons (Fsp3) is 0.933. The molecule has 1 saturated carbocycles. The van der Waals surface area contributed by atoms with E-state index in [-0.39, 0.29) is 12.1 Å². The molecule has 4 nitrogen and oxygen atoms in total. The van der Waals surface area contributed by atoms with Crippen LogP contribution in [0.4, 0.5) is 4.79 Å². The lowest BCUT2D eigenvalue weighted by Gasteiger charge is -2.40. The minimum absolute atomic E-state index is 0.151. The average molecular weight is 268 g/mol. The van der Waals surface area contributed by atoms with Gasteiger partial charge < -0.3 is 15.0 Å². The highest BCUT2D eigenvalue weighted by atomic mass is 16.6. The van der Waals surface area contributed by atoms with Gasteiger partial charge in [-0.25, -0.2) is 4.79 Å². The molecule has 0 radical (unpaired) electrons. The predicted octanol–water partition coefficient (Wildman–Crippen LogP) is 2.92. The Balaban J connectivity index is 1.95. The molecule has 1 aliphatic carbocycles. The molecule has 0 spiro atoms. The van der Waals surface area contributed by atoms with Gasteiger partial charge in [-0.15, -0.1) is 0 Å². The molecule has 19 heavy (non-hydrogen) atoms. The molecule has 1 heterocycles. The van der Waals surface area contributed by atoms with Crippen LogP contribution in [0.3, 0.4) is 0 Å². The van der Waals surface area contributed by atoms with Crippen molar-refractivity contribution in [2.75, 3.05) is 6.54 Å². The van der Waals surface area contributed by atoms with E-state index in [9.17, 15) is 4.79 Å². The van der Waals surface area contributed by atoms with Gasteiger partial charge in [-0.2, -0.15) is 0 Å². The molecule has 1 amide bonds. The van der Waals surface area contributed by atoms with Crippen LogP contribution in [0.5, 0.6) is 0 Å². The van der Waals surface area contributed by atoms with E-state index in [0.717, 1.165) is 19.4 Å². The number of carbonyl (C=O) groups excluding carboxylic acids is 1. The number of ether oxygens (including phenoxy) is 1. The summed E-state index contributed by atoms with van der Waals surface area (Å²) in [5, 5.41) is 3.62. The lowest BCUT2D eigenvalue weighted by molar-refractivity contribution is 0.00551. The van der Waals surface area contributed by atoms with Gasteiger partial charge >= 0.3 is 6.09 Å². The summed E-state index contributed by atoms with van der Waals surface area (Å²) in [6, 6.07) is 1.32. The Bertz CT molecular complexity index is 321. The summed E-state index contributed by atoms with van der Waals surface area (Å²) in [4.78, 5) is 14.2. The molecule has 2 fully saturated rings. The molecule has 1 N–H and O–H groups in total. The van der Waals surface area contributed by atoms with Crippen LogP contribution in [0, 0.1) is 0 Å². The number of rotatable bonds is 3. The Labute approximate surface area is 116 Å². The molecule has 0 aromatic carbocycles. The van der Waals surface area contributed by atoms with Gasteiger partial charge in [0.25, 0.3) is 0 Å². The van der Waals surface area contributed by atoms with Crippen molar-refractivity contribution in [2.45, 2.75) is 83.5 Å². The first-order valence-corrected chi connectivity index (χ1v) is 7.62. The van der Waals surface area contributed by atoms with Crippen LogP contribution in [0.2, 0.25) is 0 Å². The summed E-state index contributed by atoms with van der Waals surface area (Å²) in [5.74, 6) is 0. The van der Waals surface area contributed by atoms with Crippen LogP contribution in [-0.2, 0) is 4.74 Å².